The molecule has 3 aromatic heterocycles. The fourth-order valence-electron chi connectivity index (χ4n) is 7.12. The van der Waals surface area contributed by atoms with Crippen molar-refractivity contribution in [3.05, 3.63) is 174 Å². The van der Waals surface area contributed by atoms with Gasteiger partial charge in [0.25, 0.3) is 0 Å². The molecule has 0 spiro atoms. The number of thiophene rings is 1. The zero-order chi connectivity index (χ0) is 37.6. The second kappa shape index (κ2) is 15.7. The van der Waals surface area contributed by atoms with E-state index < -0.39 is 25.0 Å². The standard InChI is InChI=1S/C33H21FNS.C15H18GeN.Ir/c1-20(21-8-3-2-4-9-21)28-18-31(35-19-30(28)34)27-13-7-12-26-29-16-24-14-22-10-5-6-11-23(22)15-25(24)17-32(29)36-33(26)27;1-12-10-15(13-8-6-5-7-9-13)17-11-14(12)16(2,3)4;/h2-12,14-20H,1H3;5-8,10-11H,1-4H3;/q2*-1;/i20D;;. The van der Waals surface area contributed by atoms with Crippen LogP contribution in [-0.2, 0) is 20.1 Å². The first-order valence-electron chi connectivity index (χ1n) is 18.3. The zero-order valence-electron chi connectivity index (χ0n) is 31.8. The molecule has 269 valence electrons. The predicted octanol–water partition coefficient (Wildman–Crippen LogP) is 12.9. The monoisotopic (exact) mass is 962 g/mol. The van der Waals surface area contributed by atoms with Crippen LogP contribution in [0.15, 0.2) is 140 Å². The number of rotatable bonds is 5. The van der Waals surface area contributed by atoms with Crippen LogP contribution in [0.2, 0.25) is 17.3 Å². The molecule has 1 unspecified atom stereocenters. The molecule has 2 nitrogen and oxygen atoms in total. The van der Waals surface area contributed by atoms with Gasteiger partial charge in [-0.1, -0.05) is 73.0 Å². The van der Waals surface area contributed by atoms with Gasteiger partial charge in [-0.2, -0.15) is 11.3 Å². The first kappa shape index (κ1) is 36.5. The van der Waals surface area contributed by atoms with Gasteiger partial charge in [0.1, 0.15) is 5.82 Å². The van der Waals surface area contributed by atoms with Gasteiger partial charge >= 0.3 is 106 Å². The Morgan fingerprint density at radius 3 is 2.07 bits per heavy atom. The third kappa shape index (κ3) is 7.56. The number of hydrogen-bond acceptors (Lipinski definition) is 3. The molecule has 3 heterocycles. The van der Waals surface area contributed by atoms with Gasteiger partial charge in [0.15, 0.2) is 0 Å². The number of benzene rings is 6. The molecule has 9 aromatic rings. The Balaban J connectivity index is 0.000000218. The van der Waals surface area contributed by atoms with Crippen LogP contribution in [0.1, 0.15) is 30.9 Å². The van der Waals surface area contributed by atoms with Crippen molar-refractivity contribution in [2.45, 2.75) is 37.0 Å². The second-order valence-electron chi connectivity index (χ2n) is 14.5. The average molecular weight is 961 g/mol. The van der Waals surface area contributed by atoms with E-state index in [9.17, 15) is 0 Å². The summed E-state index contributed by atoms with van der Waals surface area (Å²) in [5, 5.41) is 7.18. The van der Waals surface area contributed by atoms with E-state index in [2.05, 4.69) is 119 Å². The Hall–Kier alpha value is -4.52. The predicted molar refractivity (Wildman–Crippen MR) is 227 cm³/mol. The number of fused-ring (bicyclic) bond motifs is 5. The largest absolute Gasteiger partial charge is 0.302 e. The molecule has 0 saturated carbocycles. The number of pyridine rings is 2. The Morgan fingerprint density at radius 1 is 0.704 bits per heavy atom. The molecule has 0 aliphatic carbocycles. The minimum absolute atomic E-state index is 0. The van der Waals surface area contributed by atoms with Gasteiger partial charge in [0.2, 0.25) is 0 Å². The maximum atomic E-state index is 15.0. The molecule has 0 amide bonds. The fraction of sp³-hybridized carbons (Fsp3) is 0.125. The van der Waals surface area contributed by atoms with E-state index in [1.807, 2.05) is 54.6 Å². The van der Waals surface area contributed by atoms with Gasteiger partial charge in [-0.15, -0.1) is 23.8 Å². The average Bonchev–Trinajstić information content (AvgIpc) is 3.54. The summed E-state index contributed by atoms with van der Waals surface area (Å²) in [5.41, 5.74) is 5.96. The van der Waals surface area contributed by atoms with Crippen LogP contribution in [0, 0.1) is 24.9 Å². The number of hydrogen-bond donors (Lipinski definition) is 0. The summed E-state index contributed by atoms with van der Waals surface area (Å²) in [6.45, 7) is 3.92. The minimum atomic E-state index is -1.77. The number of halogens is 1. The van der Waals surface area contributed by atoms with Gasteiger partial charge in [0.05, 0.1) is 6.20 Å². The molecule has 0 N–H and O–H groups in total. The number of aryl methyl sites for hydroxylation is 1. The molecule has 54 heavy (non-hydrogen) atoms. The van der Waals surface area contributed by atoms with E-state index in [0.29, 0.717) is 11.3 Å². The summed E-state index contributed by atoms with van der Waals surface area (Å²) in [4.78, 5) is 9.04. The van der Waals surface area contributed by atoms with Crippen LogP contribution < -0.4 is 4.40 Å². The van der Waals surface area contributed by atoms with Gasteiger partial charge in [-0.25, -0.2) is 4.39 Å². The normalized spacial score (nSPS) is 12.9. The number of aromatic nitrogens is 2. The van der Waals surface area contributed by atoms with Crippen molar-refractivity contribution in [2.75, 3.05) is 0 Å². The zero-order valence-corrected chi connectivity index (χ0v) is 36.1. The van der Waals surface area contributed by atoms with E-state index in [0.717, 1.165) is 32.5 Å². The van der Waals surface area contributed by atoms with Crippen LogP contribution in [0.3, 0.4) is 0 Å². The molecule has 9 rings (SSSR count). The van der Waals surface area contributed by atoms with Crippen molar-refractivity contribution in [3.63, 3.8) is 0 Å². The molecule has 0 bridgehead atoms. The first-order valence-corrected chi connectivity index (χ1v) is 26.0. The Labute approximate surface area is 338 Å². The Kier molecular flexibility index (Phi) is 10.6. The molecule has 1 atom stereocenters. The molecule has 0 fully saturated rings. The van der Waals surface area contributed by atoms with Crippen LogP contribution in [-0.4, -0.2) is 23.2 Å². The van der Waals surface area contributed by atoms with Crippen molar-refractivity contribution in [2.24, 2.45) is 0 Å². The van der Waals surface area contributed by atoms with Crippen molar-refractivity contribution in [1.82, 2.24) is 9.97 Å². The third-order valence-electron chi connectivity index (χ3n) is 9.88. The van der Waals surface area contributed by atoms with E-state index in [1.54, 1.807) is 24.3 Å². The summed E-state index contributed by atoms with van der Waals surface area (Å²) in [6, 6.07) is 49.3. The van der Waals surface area contributed by atoms with Gasteiger partial charge in [-0.05, 0) is 72.7 Å². The summed E-state index contributed by atoms with van der Waals surface area (Å²) in [5.74, 6) is 5.47. The van der Waals surface area contributed by atoms with Gasteiger partial charge in [-0.3, -0.25) is 0 Å². The van der Waals surface area contributed by atoms with Crippen LogP contribution in [0.4, 0.5) is 4.39 Å². The van der Waals surface area contributed by atoms with E-state index in [4.69, 9.17) is 1.37 Å². The van der Waals surface area contributed by atoms with Gasteiger partial charge < -0.3 is 4.98 Å². The maximum Gasteiger partial charge on any atom is 0.143 e. The van der Waals surface area contributed by atoms with Crippen molar-refractivity contribution >= 4 is 70.7 Å². The van der Waals surface area contributed by atoms with Crippen molar-refractivity contribution in [3.8, 4) is 22.5 Å². The van der Waals surface area contributed by atoms with Crippen LogP contribution in [0.5, 0.6) is 0 Å². The summed E-state index contributed by atoms with van der Waals surface area (Å²) >= 11 is -0.0672. The van der Waals surface area contributed by atoms with Crippen LogP contribution >= 0.6 is 11.3 Å². The second-order valence-corrected chi connectivity index (χ2v) is 26.2. The summed E-state index contributed by atoms with van der Waals surface area (Å²) in [6.07, 6.45) is 3.31. The molecule has 0 aliphatic heterocycles. The first-order chi connectivity index (χ1) is 26.0. The maximum absolute atomic E-state index is 15.0. The molecule has 1 radical (unpaired) electrons. The smallest absolute Gasteiger partial charge is 0.143 e. The number of nitrogens with zero attached hydrogens (tertiary/aromatic N) is 2. The molecular formula is C48H39FGeIrN2S-2. The van der Waals surface area contributed by atoms with Gasteiger partial charge in [0, 0.05) is 32.1 Å². The molecule has 6 heteroatoms. The topological polar surface area (TPSA) is 25.8 Å². The molecular weight excluding hydrogens is 920 g/mol. The van der Waals surface area contributed by atoms with Crippen LogP contribution in [0.25, 0.3) is 64.2 Å². The Bertz CT molecular complexity index is 2820. The quantitative estimate of drug-likeness (QED) is 0.0976. The van der Waals surface area contributed by atoms with E-state index in [-0.39, 0.29) is 20.1 Å². The van der Waals surface area contributed by atoms with E-state index in [1.165, 1.54) is 47.8 Å². The SMILES string of the molecule is Cc1cc(-c2[c-]cccc2)nc[c]1[Ge]([CH3])([CH3])[CH3].[2H]C(C)(c1ccccc1)c1cc(-c2[c-]ccc3c2sc2cc4cc5ccccc5cc4cc23)ncc1F.[Ir]. The molecule has 6 aromatic carbocycles. The van der Waals surface area contributed by atoms with E-state index >= 15 is 4.39 Å². The summed E-state index contributed by atoms with van der Waals surface area (Å²) < 4.78 is 27.8. The molecule has 0 saturated heterocycles. The van der Waals surface area contributed by atoms with Crippen molar-refractivity contribution in [1.29, 1.82) is 0 Å². The molecule has 0 aliphatic rings. The third-order valence-corrected chi connectivity index (χ3v) is 15.6. The Morgan fingerprint density at radius 2 is 1.39 bits per heavy atom. The summed E-state index contributed by atoms with van der Waals surface area (Å²) in [7, 11) is 0. The minimum Gasteiger partial charge on any atom is -0.302 e. The van der Waals surface area contributed by atoms with Crippen molar-refractivity contribution < 1.29 is 25.9 Å². The fourth-order valence-corrected chi connectivity index (χ4v) is 11.9.